The quantitative estimate of drug-likeness (QED) is 0.775. The summed E-state index contributed by atoms with van der Waals surface area (Å²) in [5.74, 6) is 0.674. The van der Waals surface area contributed by atoms with Gasteiger partial charge in [0.15, 0.2) is 5.82 Å². The maximum atomic E-state index is 11.8. The second kappa shape index (κ2) is 6.85. The molecule has 0 aliphatic rings. The summed E-state index contributed by atoms with van der Waals surface area (Å²) >= 11 is 2.03. The molecule has 1 aromatic heterocycles. The number of hydrogen-bond acceptors (Lipinski definition) is 4. The largest absolute Gasteiger partial charge is 0.330 e. The number of halogens is 1. The van der Waals surface area contributed by atoms with Crippen LogP contribution in [0.1, 0.15) is 12.0 Å². The molecule has 6 heteroatoms. The van der Waals surface area contributed by atoms with Crippen LogP contribution in [0.15, 0.2) is 35.4 Å². The highest BCUT2D eigenvalue weighted by Gasteiger charge is 2.15. The number of nitrogens with zero attached hydrogens (tertiary/aromatic N) is 2. The minimum atomic E-state index is -0.124. The van der Waals surface area contributed by atoms with Crippen molar-refractivity contribution in [1.29, 1.82) is 0 Å². The Morgan fingerprint density at radius 1 is 1.45 bits per heavy atom. The zero-order valence-corrected chi connectivity index (χ0v) is 13.4. The maximum absolute atomic E-state index is 11.8. The zero-order valence-electron chi connectivity index (χ0n) is 11.3. The first-order valence-corrected chi connectivity index (χ1v) is 7.49. The molecular formula is C14H17IN4O. The molecule has 1 heterocycles. The van der Waals surface area contributed by atoms with E-state index in [4.69, 9.17) is 5.73 Å². The van der Waals surface area contributed by atoms with E-state index in [1.807, 2.05) is 52.6 Å². The minimum absolute atomic E-state index is 0.124. The molecule has 0 saturated carbocycles. The number of benzene rings is 1. The summed E-state index contributed by atoms with van der Waals surface area (Å²) in [6, 6.07) is 8.14. The van der Waals surface area contributed by atoms with Gasteiger partial charge in [-0.25, -0.2) is 4.98 Å². The van der Waals surface area contributed by atoms with E-state index in [0.717, 1.165) is 18.7 Å². The van der Waals surface area contributed by atoms with Crippen molar-refractivity contribution >= 4 is 34.1 Å². The molecule has 0 fully saturated rings. The summed E-state index contributed by atoms with van der Waals surface area (Å²) < 4.78 is 0.587. The van der Waals surface area contributed by atoms with Gasteiger partial charge in [-0.05, 0) is 60.2 Å². The summed E-state index contributed by atoms with van der Waals surface area (Å²) in [6.45, 7) is 3.37. The summed E-state index contributed by atoms with van der Waals surface area (Å²) in [7, 11) is 0. The summed E-state index contributed by atoms with van der Waals surface area (Å²) in [6.07, 6.45) is 2.27. The normalized spacial score (nSPS) is 10.6. The highest BCUT2D eigenvalue weighted by Crippen LogP contribution is 2.26. The van der Waals surface area contributed by atoms with Crippen LogP contribution in [0.2, 0.25) is 0 Å². The fourth-order valence-electron chi connectivity index (χ4n) is 1.96. The third-order valence-electron chi connectivity index (χ3n) is 2.93. The number of aromatic nitrogens is 2. The molecule has 0 unspecified atom stereocenters. The summed E-state index contributed by atoms with van der Waals surface area (Å²) in [4.78, 5) is 20.7. The van der Waals surface area contributed by atoms with E-state index < -0.39 is 0 Å². The van der Waals surface area contributed by atoms with Gasteiger partial charge in [-0.15, -0.1) is 0 Å². The number of rotatable bonds is 5. The Kier molecular flexibility index (Phi) is 5.13. The van der Waals surface area contributed by atoms with Crippen molar-refractivity contribution in [3.8, 4) is 0 Å². The first kappa shape index (κ1) is 15.0. The molecule has 0 saturated heterocycles. The van der Waals surface area contributed by atoms with Crippen LogP contribution in [0.4, 0.5) is 11.5 Å². The third-order valence-corrected chi connectivity index (χ3v) is 3.91. The lowest BCUT2D eigenvalue weighted by Gasteiger charge is -2.24. The van der Waals surface area contributed by atoms with Crippen LogP contribution >= 0.6 is 22.6 Å². The second-order valence-corrected chi connectivity index (χ2v) is 5.58. The number of aryl methyl sites for hydroxylation is 1. The van der Waals surface area contributed by atoms with Crippen LogP contribution in [0.25, 0.3) is 0 Å². The minimum Gasteiger partial charge on any atom is -0.330 e. The van der Waals surface area contributed by atoms with Gasteiger partial charge in [-0.3, -0.25) is 4.79 Å². The lowest BCUT2D eigenvalue weighted by atomic mass is 10.2. The number of nitrogens with two attached hydrogens (primary N) is 1. The molecule has 0 spiro atoms. The van der Waals surface area contributed by atoms with Gasteiger partial charge < -0.3 is 15.6 Å². The Labute approximate surface area is 131 Å². The average molecular weight is 384 g/mol. The van der Waals surface area contributed by atoms with Crippen molar-refractivity contribution in [1.82, 2.24) is 9.97 Å². The van der Waals surface area contributed by atoms with E-state index in [9.17, 15) is 4.79 Å². The molecule has 2 rings (SSSR count). The van der Waals surface area contributed by atoms with Crippen molar-refractivity contribution in [3.05, 3.63) is 50.1 Å². The standard InChI is InChI=1S/C14H17IN4O/c1-10-4-2-5-11(8-10)19(7-3-6-16)13-12(15)14(20)18-9-17-13/h2,4-5,8-9H,3,6-7,16H2,1H3,(H,17,18,20). The van der Waals surface area contributed by atoms with E-state index >= 15 is 0 Å². The van der Waals surface area contributed by atoms with E-state index in [0.29, 0.717) is 15.9 Å². The predicted octanol–water partition coefficient (Wildman–Crippen LogP) is 2.17. The van der Waals surface area contributed by atoms with Crippen molar-refractivity contribution in [2.75, 3.05) is 18.0 Å². The molecule has 0 aliphatic carbocycles. The molecule has 0 aliphatic heterocycles. The van der Waals surface area contributed by atoms with Gasteiger partial charge in [0.1, 0.15) is 3.57 Å². The Balaban J connectivity index is 2.47. The first-order chi connectivity index (χ1) is 9.63. The highest BCUT2D eigenvalue weighted by atomic mass is 127. The van der Waals surface area contributed by atoms with Gasteiger partial charge >= 0.3 is 0 Å². The third kappa shape index (κ3) is 3.37. The predicted molar refractivity (Wildman–Crippen MR) is 89.4 cm³/mol. The Bertz CT molecular complexity index is 641. The smallest absolute Gasteiger partial charge is 0.266 e. The molecule has 5 nitrogen and oxygen atoms in total. The number of aromatic amines is 1. The Morgan fingerprint density at radius 2 is 2.25 bits per heavy atom. The van der Waals surface area contributed by atoms with Gasteiger partial charge in [-0.1, -0.05) is 12.1 Å². The maximum Gasteiger partial charge on any atom is 0.266 e. The number of nitrogens with one attached hydrogen (secondary N) is 1. The zero-order chi connectivity index (χ0) is 14.5. The van der Waals surface area contributed by atoms with Crippen molar-refractivity contribution < 1.29 is 0 Å². The average Bonchev–Trinajstić information content (AvgIpc) is 2.44. The van der Waals surface area contributed by atoms with Crippen LogP contribution in [0.3, 0.4) is 0 Å². The molecule has 106 valence electrons. The van der Waals surface area contributed by atoms with E-state index in [-0.39, 0.29) is 5.56 Å². The second-order valence-electron chi connectivity index (χ2n) is 4.50. The number of anilines is 2. The lowest BCUT2D eigenvalue weighted by molar-refractivity contribution is 0.805. The van der Waals surface area contributed by atoms with Gasteiger partial charge in [0.25, 0.3) is 5.56 Å². The van der Waals surface area contributed by atoms with Crippen molar-refractivity contribution in [2.24, 2.45) is 5.73 Å². The fraction of sp³-hybridized carbons (Fsp3) is 0.286. The van der Waals surface area contributed by atoms with Gasteiger partial charge in [0, 0.05) is 12.2 Å². The molecule has 0 atom stereocenters. The molecule has 0 amide bonds. The monoisotopic (exact) mass is 384 g/mol. The molecule has 0 radical (unpaired) electrons. The van der Waals surface area contributed by atoms with Crippen LogP contribution in [-0.4, -0.2) is 23.1 Å². The fourth-order valence-corrected chi connectivity index (χ4v) is 2.55. The summed E-state index contributed by atoms with van der Waals surface area (Å²) in [5.41, 5.74) is 7.68. The molecule has 20 heavy (non-hydrogen) atoms. The van der Waals surface area contributed by atoms with Crippen LogP contribution in [0.5, 0.6) is 0 Å². The van der Waals surface area contributed by atoms with Crippen LogP contribution in [0, 0.1) is 10.5 Å². The van der Waals surface area contributed by atoms with Crippen LogP contribution in [-0.2, 0) is 0 Å². The summed E-state index contributed by atoms with van der Waals surface area (Å²) in [5, 5.41) is 0. The Morgan fingerprint density at radius 3 is 2.95 bits per heavy atom. The van der Waals surface area contributed by atoms with Crippen molar-refractivity contribution in [2.45, 2.75) is 13.3 Å². The Hall–Kier alpha value is -1.41. The topological polar surface area (TPSA) is 75.0 Å². The van der Waals surface area contributed by atoms with E-state index in [1.165, 1.54) is 11.9 Å². The van der Waals surface area contributed by atoms with E-state index in [1.54, 1.807) is 0 Å². The number of hydrogen-bond donors (Lipinski definition) is 2. The van der Waals surface area contributed by atoms with Gasteiger partial charge in [0.05, 0.1) is 6.33 Å². The molecular weight excluding hydrogens is 367 g/mol. The lowest BCUT2D eigenvalue weighted by Crippen LogP contribution is -2.26. The first-order valence-electron chi connectivity index (χ1n) is 6.41. The molecule has 3 N–H and O–H groups in total. The number of H-pyrrole nitrogens is 1. The molecule has 1 aromatic carbocycles. The van der Waals surface area contributed by atoms with Gasteiger partial charge in [0.2, 0.25) is 0 Å². The van der Waals surface area contributed by atoms with Crippen LogP contribution < -0.4 is 16.2 Å². The SMILES string of the molecule is Cc1cccc(N(CCCN)c2nc[nH]c(=O)c2I)c1. The molecule has 2 aromatic rings. The van der Waals surface area contributed by atoms with E-state index in [2.05, 4.69) is 16.0 Å². The van der Waals surface area contributed by atoms with Gasteiger partial charge in [-0.2, -0.15) is 0 Å². The van der Waals surface area contributed by atoms with Crippen molar-refractivity contribution in [3.63, 3.8) is 0 Å². The molecule has 0 bridgehead atoms. The highest BCUT2D eigenvalue weighted by molar-refractivity contribution is 14.1.